The second-order valence-electron chi connectivity index (χ2n) is 10.1. The van der Waals surface area contributed by atoms with Gasteiger partial charge >= 0.3 is 7.12 Å². The van der Waals surface area contributed by atoms with Gasteiger partial charge in [0, 0.05) is 6.54 Å². The lowest BCUT2D eigenvalue weighted by Gasteiger charge is -2.43. The molecule has 2 N–H and O–H groups in total. The van der Waals surface area contributed by atoms with Gasteiger partial charge in [-0.3, -0.25) is 14.5 Å². The van der Waals surface area contributed by atoms with Crippen LogP contribution in [0.2, 0.25) is 6.32 Å². The van der Waals surface area contributed by atoms with E-state index in [1.54, 1.807) is 6.07 Å². The molecule has 0 saturated carbocycles. The van der Waals surface area contributed by atoms with Crippen LogP contribution in [-0.4, -0.2) is 46.6 Å². The number of aliphatic hydroxyl groups excluding tert-OH is 1. The highest BCUT2D eigenvalue weighted by Gasteiger charge is 2.56. The molecule has 4 atom stereocenters. The van der Waals surface area contributed by atoms with E-state index in [4.69, 9.17) is 9.07 Å². The van der Waals surface area contributed by atoms with Gasteiger partial charge in [0.1, 0.15) is 18.1 Å². The van der Waals surface area contributed by atoms with E-state index in [1.807, 2.05) is 19.1 Å². The van der Waals surface area contributed by atoms with Crippen LogP contribution in [0.3, 0.4) is 0 Å². The number of nitrogens with zero attached hydrogens (tertiary/aromatic N) is 1. The van der Waals surface area contributed by atoms with Gasteiger partial charge in [-0.05, 0) is 74.5 Å². The van der Waals surface area contributed by atoms with E-state index in [0.717, 1.165) is 37.7 Å². The first-order valence-corrected chi connectivity index (χ1v) is 13.2. The number of allylic oxidation sites excluding steroid dienone is 2. The van der Waals surface area contributed by atoms with Gasteiger partial charge in [-0.15, -0.1) is 0 Å². The van der Waals surface area contributed by atoms with Gasteiger partial charge in [0.25, 0.3) is 0 Å². The Bertz CT molecular complexity index is 998. The maximum Gasteiger partial charge on any atom is 0.455 e. The zero-order chi connectivity index (χ0) is 25.1. The summed E-state index contributed by atoms with van der Waals surface area (Å²) in [6.07, 6.45) is 7.63. The monoisotopic (exact) mass is 483 g/mol. The highest BCUT2D eigenvalue weighted by atomic mass is 16.5. The van der Waals surface area contributed by atoms with Gasteiger partial charge in [-0.25, -0.2) is 0 Å². The molecule has 0 unspecified atom stereocenters. The van der Waals surface area contributed by atoms with Gasteiger partial charge in [0.2, 0.25) is 11.8 Å². The lowest BCUT2D eigenvalue weighted by atomic mass is 9.58. The zero-order valence-corrected chi connectivity index (χ0v) is 21.2. The summed E-state index contributed by atoms with van der Waals surface area (Å²) in [4.78, 5) is 27.9. The molecule has 190 valence electrons. The van der Waals surface area contributed by atoms with Gasteiger partial charge < -0.3 is 19.2 Å². The molecule has 2 aliphatic heterocycles. The number of rotatable bonds is 10. The third kappa shape index (κ3) is 5.20. The molecule has 0 spiro atoms. The van der Waals surface area contributed by atoms with Gasteiger partial charge in [-0.1, -0.05) is 38.3 Å². The Balaban J connectivity index is 1.60. The van der Waals surface area contributed by atoms with Crippen molar-refractivity contribution < 1.29 is 28.8 Å². The number of likely N-dealkylation sites (tertiary alicyclic amines) is 1. The quantitative estimate of drug-likeness (QED) is 0.292. The number of hydrogen-bond donors (Lipinski definition) is 2. The van der Waals surface area contributed by atoms with Crippen molar-refractivity contribution in [2.75, 3.05) is 6.54 Å². The first kappa shape index (κ1) is 25.9. The highest BCUT2D eigenvalue weighted by molar-refractivity contribution is 6.43. The van der Waals surface area contributed by atoms with E-state index in [1.165, 1.54) is 16.0 Å². The summed E-state index contributed by atoms with van der Waals surface area (Å²) in [6.45, 7) is 6.55. The molecule has 3 heterocycles. The van der Waals surface area contributed by atoms with Crippen LogP contribution in [-0.2, 0) is 20.9 Å². The van der Waals surface area contributed by atoms with E-state index in [-0.39, 0.29) is 42.3 Å². The summed E-state index contributed by atoms with van der Waals surface area (Å²) < 4.78 is 11.7. The Morgan fingerprint density at radius 1 is 1.17 bits per heavy atom. The van der Waals surface area contributed by atoms with Crippen molar-refractivity contribution in [3.05, 3.63) is 40.4 Å². The van der Waals surface area contributed by atoms with Gasteiger partial charge in [0.05, 0.1) is 17.9 Å². The molecule has 1 aromatic rings. The normalized spacial score (nSPS) is 27.1. The van der Waals surface area contributed by atoms with Crippen molar-refractivity contribution in [3.8, 4) is 0 Å². The molecule has 2 amide bonds. The average molecular weight is 483 g/mol. The maximum atomic E-state index is 13.3. The maximum absolute atomic E-state index is 13.3. The van der Waals surface area contributed by atoms with Crippen molar-refractivity contribution in [1.29, 1.82) is 0 Å². The topological polar surface area (TPSA) is 100 Å². The fourth-order valence-electron chi connectivity index (χ4n) is 6.24. The number of aliphatic hydroxyl groups is 1. The second kappa shape index (κ2) is 11.3. The van der Waals surface area contributed by atoms with E-state index >= 15 is 0 Å². The number of amides is 2. The Morgan fingerprint density at radius 3 is 2.63 bits per heavy atom. The van der Waals surface area contributed by atoms with E-state index in [9.17, 15) is 19.7 Å². The largest absolute Gasteiger partial charge is 0.459 e. The minimum atomic E-state index is -0.940. The second-order valence-corrected chi connectivity index (χ2v) is 10.1. The molecule has 0 bridgehead atoms. The highest BCUT2D eigenvalue weighted by Crippen LogP contribution is 2.51. The predicted octanol–water partition coefficient (Wildman–Crippen LogP) is 4.35. The molecule has 1 aromatic heterocycles. The summed E-state index contributed by atoms with van der Waals surface area (Å²) in [5.41, 5.74) is 3.60. The SMILES string of the molecule is CCCC1=C2[C@@H](CC/C(=C/c3ccc(CO)o3)CC)OB(O)C[C@@H]2[C@@H]2C(=O)N(CCC)C(=O)[C@@H]2C1. The van der Waals surface area contributed by atoms with E-state index in [0.29, 0.717) is 37.2 Å². The molecule has 2 fully saturated rings. The summed E-state index contributed by atoms with van der Waals surface area (Å²) in [5.74, 6) is 0.308. The predicted molar refractivity (Wildman–Crippen MR) is 134 cm³/mol. The van der Waals surface area contributed by atoms with E-state index in [2.05, 4.69) is 13.8 Å². The van der Waals surface area contributed by atoms with E-state index < -0.39 is 7.12 Å². The van der Waals surface area contributed by atoms with Crippen LogP contribution in [0.4, 0.5) is 0 Å². The van der Waals surface area contributed by atoms with Crippen LogP contribution in [0, 0.1) is 17.8 Å². The number of carbonyl (C=O) groups is 2. The fourth-order valence-corrected chi connectivity index (χ4v) is 6.24. The van der Waals surface area contributed by atoms with Crippen molar-refractivity contribution in [2.45, 2.75) is 84.7 Å². The minimum absolute atomic E-state index is 0.0380. The summed E-state index contributed by atoms with van der Waals surface area (Å²) in [7, 11) is -0.940. The van der Waals surface area contributed by atoms with Crippen LogP contribution in [0.25, 0.3) is 6.08 Å². The summed E-state index contributed by atoms with van der Waals surface area (Å²) in [5, 5.41) is 19.9. The third-order valence-corrected chi connectivity index (χ3v) is 7.76. The van der Waals surface area contributed by atoms with Crippen molar-refractivity contribution >= 4 is 25.0 Å². The summed E-state index contributed by atoms with van der Waals surface area (Å²) in [6, 6.07) is 3.62. The molecule has 2 saturated heterocycles. The van der Waals surface area contributed by atoms with Gasteiger partial charge in [0.15, 0.2) is 0 Å². The Labute approximate surface area is 208 Å². The van der Waals surface area contributed by atoms with Crippen LogP contribution in [0.5, 0.6) is 0 Å². The first-order chi connectivity index (χ1) is 16.9. The van der Waals surface area contributed by atoms with Crippen LogP contribution < -0.4 is 0 Å². The molecule has 35 heavy (non-hydrogen) atoms. The molecule has 3 aliphatic rings. The molecule has 4 rings (SSSR count). The smallest absolute Gasteiger partial charge is 0.455 e. The van der Waals surface area contributed by atoms with Gasteiger partial charge in [-0.2, -0.15) is 0 Å². The Hall–Kier alpha value is -2.16. The fraction of sp³-hybridized carbons (Fsp3) is 0.630. The standard InChI is InChI=1S/C27H38BNO6/c1-4-7-18-14-21-25(27(32)29(12-5-2)26(21)31)22-15-28(33)35-23(24(18)22)11-8-17(6-3)13-19-9-10-20(16-30)34-19/h9-10,13,21-23,25,30,33H,4-8,11-12,14-16H2,1-3H3/b17-13+/t21-,22+,23-,25-/m1/s1. The third-order valence-electron chi connectivity index (χ3n) is 7.76. The number of imide groups is 1. The Kier molecular flexibility index (Phi) is 8.35. The molecule has 0 radical (unpaired) electrons. The number of hydrogen-bond acceptors (Lipinski definition) is 6. The molecule has 8 heteroatoms. The minimum Gasteiger partial charge on any atom is -0.459 e. The zero-order valence-electron chi connectivity index (χ0n) is 21.2. The van der Waals surface area contributed by atoms with Crippen molar-refractivity contribution in [1.82, 2.24) is 4.90 Å². The number of carbonyl (C=O) groups excluding carboxylic acids is 2. The molecule has 7 nitrogen and oxygen atoms in total. The lowest BCUT2D eigenvalue weighted by molar-refractivity contribution is -0.140. The average Bonchev–Trinajstić information content (AvgIpc) is 3.39. The molecule has 1 aliphatic carbocycles. The molecular formula is C27H38BNO6. The Morgan fingerprint density at radius 2 is 1.97 bits per heavy atom. The van der Waals surface area contributed by atoms with Crippen LogP contribution in [0.1, 0.15) is 77.2 Å². The molecule has 0 aromatic carbocycles. The lowest BCUT2D eigenvalue weighted by Crippen LogP contribution is -2.46. The first-order valence-electron chi connectivity index (χ1n) is 13.2. The summed E-state index contributed by atoms with van der Waals surface area (Å²) >= 11 is 0. The number of fused-ring (bicyclic) bond motifs is 3. The molecular weight excluding hydrogens is 445 g/mol. The van der Waals surface area contributed by atoms with Crippen molar-refractivity contribution in [2.24, 2.45) is 17.8 Å². The van der Waals surface area contributed by atoms with Crippen LogP contribution in [0.15, 0.2) is 33.3 Å². The van der Waals surface area contributed by atoms with Crippen LogP contribution >= 0.6 is 0 Å². The van der Waals surface area contributed by atoms with Crippen molar-refractivity contribution in [3.63, 3.8) is 0 Å². The number of furan rings is 1.